The van der Waals surface area contributed by atoms with Crippen LogP contribution in [-0.2, 0) is 16.6 Å². The second-order valence-corrected chi connectivity index (χ2v) is 8.48. The molecule has 26 heavy (non-hydrogen) atoms. The van der Waals surface area contributed by atoms with Crippen molar-refractivity contribution >= 4 is 21.6 Å². The van der Waals surface area contributed by atoms with E-state index in [0.29, 0.717) is 18.1 Å². The molecule has 0 aliphatic carbocycles. The smallest absolute Gasteiger partial charge is 0.244 e. The highest BCUT2D eigenvalue weighted by molar-refractivity contribution is 7.89. The summed E-state index contributed by atoms with van der Waals surface area (Å²) < 4.78 is 43.4. The van der Waals surface area contributed by atoms with Crippen LogP contribution >= 0.6 is 11.6 Å². The summed E-state index contributed by atoms with van der Waals surface area (Å²) in [6, 6.07) is 15.4. The predicted molar refractivity (Wildman–Crippen MR) is 98.0 cm³/mol. The van der Waals surface area contributed by atoms with Gasteiger partial charge in [-0.05, 0) is 54.1 Å². The number of aromatic nitrogens is 1. The fraction of sp³-hybridized carbons (Fsp3) is 0.158. The molecule has 0 radical (unpaired) electrons. The number of hydrogen-bond donors (Lipinski definition) is 0. The first kappa shape index (κ1) is 17.3. The zero-order chi connectivity index (χ0) is 18.3. The van der Waals surface area contributed by atoms with Crippen molar-refractivity contribution in [3.8, 4) is 0 Å². The summed E-state index contributed by atoms with van der Waals surface area (Å²) in [4.78, 5) is 0.189. The van der Waals surface area contributed by atoms with Gasteiger partial charge >= 0.3 is 0 Å². The van der Waals surface area contributed by atoms with E-state index in [1.54, 1.807) is 24.3 Å². The average molecular weight is 391 g/mol. The molecule has 2 aromatic carbocycles. The Bertz CT molecular complexity index is 1030. The highest BCUT2D eigenvalue weighted by Gasteiger charge is 2.37. The summed E-state index contributed by atoms with van der Waals surface area (Å²) in [7, 11) is -3.74. The van der Waals surface area contributed by atoms with E-state index in [4.69, 9.17) is 11.6 Å². The van der Waals surface area contributed by atoms with E-state index in [1.807, 2.05) is 22.9 Å². The Labute approximate surface area is 156 Å². The Balaban J connectivity index is 1.83. The van der Waals surface area contributed by atoms with Gasteiger partial charge < -0.3 is 4.57 Å². The molecule has 0 saturated carbocycles. The van der Waals surface area contributed by atoms with Crippen LogP contribution in [-0.4, -0.2) is 23.8 Å². The number of halogens is 2. The van der Waals surface area contributed by atoms with Crippen molar-refractivity contribution in [2.24, 2.45) is 0 Å². The first-order valence-corrected chi connectivity index (χ1v) is 9.96. The average Bonchev–Trinajstić information content (AvgIpc) is 3.11. The molecule has 0 saturated heterocycles. The predicted octanol–water partition coefficient (Wildman–Crippen LogP) is 4.07. The molecular formula is C19H16ClFN2O2S. The van der Waals surface area contributed by atoms with Gasteiger partial charge in [-0.3, -0.25) is 0 Å². The molecule has 0 N–H and O–H groups in total. The van der Waals surface area contributed by atoms with Gasteiger partial charge in [-0.1, -0.05) is 23.7 Å². The number of rotatable bonds is 3. The minimum Gasteiger partial charge on any atom is -0.348 e. The molecule has 4 nitrogen and oxygen atoms in total. The summed E-state index contributed by atoms with van der Waals surface area (Å²) in [6.07, 6.45) is 1.93. The van der Waals surface area contributed by atoms with Crippen LogP contribution < -0.4 is 0 Å². The Morgan fingerprint density at radius 1 is 0.962 bits per heavy atom. The highest BCUT2D eigenvalue weighted by atomic mass is 35.5. The number of sulfonamides is 1. The van der Waals surface area contributed by atoms with Crippen LogP contribution in [0.2, 0.25) is 5.02 Å². The lowest BCUT2D eigenvalue weighted by atomic mass is 10.0. The van der Waals surface area contributed by atoms with E-state index >= 15 is 0 Å². The Morgan fingerprint density at radius 3 is 2.35 bits per heavy atom. The van der Waals surface area contributed by atoms with Gasteiger partial charge in [0.1, 0.15) is 5.82 Å². The van der Waals surface area contributed by atoms with Crippen LogP contribution in [0.4, 0.5) is 4.39 Å². The van der Waals surface area contributed by atoms with Crippen LogP contribution in [0.25, 0.3) is 0 Å². The SMILES string of the molecule is O=S(=O)(c1ccc(Cl)cc1)N1CCn2cccc2C1c1ccc(F)cc1. The number of hydrogen-bond acceptors (Lipinski definition) is 2. The van der Waals surface area contributed by atoms with E-state index in [-0.39, 0.29) is 10.7 Å². The maximum absolute atomic E-state index is 13.4. The second-order valence-electron chi connectivity index (χ2n) is 6.15. The van der Waals surface area contributed by atoms with Gasteiger partial charge in [-0.25, -0.2) is 12.8 Å². The molecule has 1 aliphatic heterocycles. The molecular weight excluding hydrogens is 375 g/mol. The van der Waals surface area contributed by atoms with Crippen molar-refractivity contribution in [2.75, 3.05) is 6.54 Å². The van der Waals surface area contributed by atoms with Crippen LogP contribution in [0.5, 0.6) is 0 Å². The topological polar surface area (TPSA) is 42.3 Å². The van der Waals surface area contributed by atoms with E-state index in [2.05, 4.69) is 0 Å². The zero-order valence-electron chi connectivity index (χ0n) is 13.7. The molecule has 4 rings (SSSR count). The molecule has 0 fully saturated rings. The fourth-order valence-electron chi connectivity index (χ4n) is 3.35. The standard InChI is InChI=1S/C19H16ClFN2O2S/c20-15-5-9-17(10-6-15)26(24,25)23-13-12-22-11-1-2-18(22)19(23)14-3-7-16(21)8-4-14/h1-11,19H,12-13H2. The normalized spacial score (nSPS) is 17.8. The van der Waals surface area contributed by atoms with Crippen molar-refractivity contribution in [2.45, 2.75) is 17.5 Å². The van der Waals surface area contributed by atoms with Crippen LogP contribution in [0.3, 0.4) is 0 Å². The van der Waals surface area contributed by atoms with Crippen molar-refractivity contribution < 1.29 is 12.8 Å². The van der Waals surface area contributed by atoms with Gasteiger partial charge in [0.2, 0.25) is 10.0 Å². The number of nitrogens with zero attached hydrogens (tertiary/aromatic N) is 2. The zero-order valence-corrected chi connectivity index (χ0v) is 15.3. The van der Waals surface area contributed by atoms with Crippen molar-refractivity contribution in [1.29, 1.82) is 0 Å². The molecule has 2 heterocycles. The molecule has 1 aromatic heterocycles. The molecule has 0 spiro atoms. The van der Waals surface area contributed by atoms with E-state index < -0.39 is 16.1 Å². The molecule has 1 aliphatic rings. The number of fused-ring (bicyclic) bond motifs is 1. The first-order valence-electron chi connectivity index (χ1n) is 8.15. The minimum absolute atomic E-state index is 0.189. The van der Waals surface area contributed by atoms with Gasteiger partial charge in [-0.2, -0.15) is 4.31 Å². The quantitative estimate of drug-likeness (QED) is 0.676. The highest BCUT2D eigenvalue weighted by Crippen LogP contribution is 2.36. The third-order valence-electron chi connectivity index (χ3n) is 4.60. The van der Waals surface area contributed by atoms with Gasteiger partial charge in [-0.15, -0.1) is 0 Å². The van der Waals surface area contributed by atoms with E-state index in [1.165, 1.54) is 28.6 Å². The van der Waals surface area contributed by atoms with Gasteiger partial charge in [0.25, 0.3) is 0 Å². The Hall–Kier alpha value is -2.15. The van der Waals surface area contributed by atoms with Crippen molar-refractivity contribution in [3.63, 3.8) is 0 Å². The molecule has 7 heteroatoms. The lowest BCUT2D eigenvalue weighted by Crippen LogP contribution is -2.42. The third-order valence-corrected chi connectivity index (χ3v) is 6.73. The lowest BCUT2D eigenvalue weighted by molar-refractivity contribution is 0.298. The maximum atomic E-state index is 13.4. The molecule has 1 unspecified atom stereocenters. The summed E-state index contributed by atoms with van der Waals surface area (Å²) in [5.74, 6) is -0.355. The first-order chi connectivity index (χ1) is 12.5. The maximum Gasteiger partial charge on any atom is 0.244 e. The second kappa shape index (κ2) is 6.54. The van der Waals surface area contributed by atoms with Crippen LogP contribution in [0, 0.1) is 5.82 Å². The molecule has 3 aromatic rings. The number of benzene rings is 2. The molecule has 0 amide bonds. The van der Waals surface area contributed by atoms with E-state index in [9.17, 15) is 12.8 Å². The Kier molecular flexibility index (Phi) is 4.34. The lowest BCUT2D eigenvalue weighted by Gasteiger charge is -2.36. The van der Waals surface area contributed by atoms with Crippen molar-refractivity contribution in [1.82, 2.24) is 8.87 Å². The largest absolute Gasteiger partial charge is 0.348 e. The molecule has 0 bridgehead atoms. The minimum atomic E-state index is -3.74. The van der Waals surface area contributed by atoms with Gasteiger partial charge in [0, 0.05) is 30.0 Å². The molecule has 1 atom stereocenters. The van der Waals surface area contributed by atoms with Crippen molar-refractivity contribution in [3.05, 3.63) is 89.0 Å². The van der Waals surface area contributed by atoms with E-state index in [0.717, 1.165) is 11.3 Å². The molecule has 134 valence electrons. The third kappa shape index (κ3) is 2.94. The fourth-order valence-corrected chi connectivity index (χ4v) is 5.05. The summed E-state index contributed by atoms with van der Waals surface area (Å²) in [5.41, 5.74) is 1.59. The van der Waals surface area contributed by atoms with Gasteiger partial charge in [0.05, 0.1) is 10.9 Å². The Morgan fingerprint density at radius 2 is 1.65 bits per heavy atom. The summed E-state index contributed by atoms with van der Waals surface area (Å²) in [6.45, 7) is 0.890. The summed E-state index contributed by atoms with van der Waals surface area (Å²) in [5, 5.41) is 0.478. The van der Waals surface area contributed by atoms with Crippen LogP contribution in [0.1, 0.15) is 17.3 Å². The summed E-state index contributed by atoms with van der Waals surface area (Å²) >= 11 is 5.89. The van der Waals surface area contributed by atoms with Gasteiger partial charge in [0.15, 0.2) is 0 Å². The monoisotopic (exact) mass is 390 g/mol. The van der Waals surface area contributed by atoms with Crippen LogP contribution in [0.15, 0.2) is 71.8 Å².